The summed E-state index contributed by atoms with van der Waals surface area (Å²) in [5.74, 6) is -0.393. The fraction of sp³-hybridized carbons (Fsp3) is 1.00. The highest BCUT2D eigenvalue weighted by Gasteiger charge is 2.66. The smallest absolute Gasteiger partial charge is 0.244 e. The number of alkyl halides is 2. The molecule has 3 saturated heterocycles. The van der Waals surface area contributed by atoms with Crippen molar-refractivity contribution in [3.63, 3.8) is 0 Å². The van der Waals surface area contributed by atoms with Crippen LogP contribution in [0.15, 0.2) is 0 Å². The van der Waals surface area contributed by atoms with Gasteiger partial charge in [-0.25, -0.2) is 22.6 Å². The Kier molecular flexibility index (Phi) is 11.4. The molecule has 6 rings (SSSR count). The molecule has 0 radical (unpaired) electrons. The summed E-state index contributed by atoms with van der Waals surface area (Å²) in [5.41, 5.74) is 12.2. The maximum Gasteiger partial charge on any atom is 0.244 e. The molecule has 0 aromatic heterocycles. The van der Waals surface area contributed by atoms with Crippen LogP contribution in [0.4, 0.5) is 8.78 Å². The first kappa shape index (κ1) is 36.0. The van der Waals surface area contributed by atoms with Crippen molar-refractivity contribution >= 4 is 21.6 Å². The van der Waals surface area contributed by atoms with Gasteiger partial charge in [0.1, 0.15) is 17.8 Å². The molecule has 12 atom stereocenters. The minimum Gasteiger partial charge on any atom is -0.375 e. The van der Waals surface area contributed by atoms with E-state index in [2.05, 4.69) is 38.6 Å². The van der Waals surface area contributed by atoms with Gasteiger partial charge in [0.05, 0.1) is 28.5 Å². The van der Waals surface area contributed by atoms with E-state index in [4.69, 9.17) is 10.5 Å². The lowest BCUT2D eigenvalue weighted by Crippen LogP contribution is -2.75. The van der Waals surface area contributed by atoms with Gasteiger partial charge >= 0.3 is 0 Å². The topological polar surface area (TPSA) is 176 Å². The number of hydrogen-bond acceptors (Lipinski definition) is 13. The van der Waals surface area contributed by atoms with E-state index in [1.54, 1.807) is 7.11 Å². The van der Waals surface area contributed by atoms with Crippen molar-refractivity contribution in [2.45, 2.75) is 147 Å². The molecule has 17 heteroatoms. The van der Waals surface area contributed by atoms with Crippen molar-refractivity contribution in [2.75, 3.05) is 26.7 Å². The average molecular weight is 709 g/mol. The van der Waals surface area contributed by atoms with Crippen molar-refractivity contribution in [3.8, 4) is 0 Å². The van der Waals surface area contributed by atoms with Gasteiger partial charge in [-0.15, -0.1) is 11.8 Å². The highest BCUT2D eigenvalue weighted by atomic mass is 32.2. The van der Waals surface area contributed by atoms with Crippen LogP contribution in [0, 0.1) is 22.0 Å². The summed E-state index contributed by atoms with van der Waals surface area (Å²) < 4.78 is 64.2. The Morgan fingerprint density at radius 2 is 1.83 bits per heavy atom. The molecule has 3 aliphatic carbocycles. The van der Waals surface area contributed by atoms with Crippen molar-refractivity contribution in [1.29, 1.82) is 0 Å². The molecule has 3 saturated carbocycles. The number of sulfone groups is 1. The maximum atomic E-state index is 16.0. The predicted molar refractivity (Wildman–Crippen MR) is 177 cm³/mol. The molecule has 6 aliphatic rings. The second-order valence-electron chi connectivity index (χ2n) is 14.8. The van der Waals surface area contributed by atoms with Crippen molar-refractivity contribution in [1.82, 2.24) is 31.7 Å². The summed E-state index contributed by atoms with van der Waals surface area (Å²) in [4.78, 5) is 13.3. The fourth-order valence-electron chi connectivity index (χ4n) is 8.94. The second-order valence-corrected chi connectivity index (χ2v) is 18.7. The normalized spacial score (nSPS) is 43.5. The summed E-state index contributed by atoms with van der Waals surface area (Å²) >= 11 is 1.46. The minimum absolute atomic E-state index is 0.0190. The molecule has 7 N–H and O–H groups in total. The molecule has 0 amide bonds. The monoisotopic (exact) mass is 708 g/mol. The quantitative estimate of drug-likeness (QED) is 0.134. The number of likely N-dealkylation sites (tertiary alicyclic amines) is 1. The summed E-state index contributed by atoms with van der Waals surface area (Å²) in [5, 5.41) is 21.1. The highest BCUT2D eigenvalue weighted by Crippen LogP contribution is 2.57. The molecule has 270 valence electrons. The zero-order chi connectivity index (χ0) is 33.5. The highest BCUT2D eigenvalue weighted by molar-refractivity contribution is 8.00. The molecule has 0 aromatic rings. The first-order chi connectivity index (χ1) is 22.5. The van der Waals surface area contributed by atoms with Crippen molar-refractivity contribution in [2.24, 2.45) is 17.6 Å². The van der Waals surface area contributed by atoms with Gasteiger partial charge < -0.3 is 10.5 Å². The Morgan fingerprint density at radius 1 is 1.09 bits per heavy atom. The lowest BCUT2D eigenvalue weighted by molar-refractivity contribution is -0.536. The fourth-order valence-corrected chi connectivity index (χ4v) is 13.2. The van der Waals surface area contributed by atoms with Gasteiger partial charge in [0.2, 0.25) is 6.04 Å². The summed E-state index contributed by atoms with van der Waals surface area (Å²) in [6.07, 6.45) is 1.17. The van der Waals surface area contributed by atoms with Crippen LogP contribution in [0.3, 0.4) is 0 Å². The van der Waals surface area contributed by atoms with Crippen LogP contribution < -0.4 is 32.5 Å². The molecular formula is C30H54F2N8O5S2. The lowest BCUT2D eigenvalue weighted by atomic mass is 9.81. The second kappa shape index (κ2) is 14.8. The van der Waals surface area contributed by atoms with E-state index >= 15 is 8.78 Å². The largest absolute Gasteiger partial charge is 0.375 e. The standard InChI is InChI=1S/C30H54F2N8O5S2/c1-17-14-24(38-37-17)34-27-26(45-2)28(39-12-8-18(16-33)9-13-39)36-29(35-27)46-23-7-6-19(15-21(23)31)47(43,44)30(10-11-30)20-4-3-5-22(25(20)32)40(41)42/h17-29,34-38H,3-16,33H2,1-2H3. The zero-order valence-corrected chi connectivity index (χ0v) is 29.1. The third-order valence-corrected chi connectivity index (χ3v) is 16.4. The van der Waals surface area contributed by atoms with E-state index in [1.807, 2.05) is 0 Å². The number of nitro groups is 1. The number of hydrogen-bond donors (Lipinski definition) is 6. The molecule has 3 heterocycles. The Morgan fingerprint density at radius 3 is 2.43 bits per heavy atom. The third kappa shape index (κ3) is 7.35. The number of hydrazine groups is 1. The van der Waals surface area contributed by atoms with Crippen LogP contribution in [0.5, 0.6) is 0 Å². The van der Waals surface area contributed by atoms with Crippen LogP contribution in [0.1, 0.15) is 77.6 Å². The number of nitrogens with zero attached hydrogens (tertiary/aromatic N) is 2. The summed E-state index contributed by atoms with van der Waals surface area (Å²) in [7, 11) is -2.18. The first-order valence-electron chi connectivity index (χ1n) is 17.5. The van der Waals surface area contributed by atoms with E-state index in [-0.39, 0.29) is 42.9 Å². The minimum atomic E-state index is -3.89. The van der Waals surface area contributed by atoms with E-state index in [0.29, 0.717) is 57.0 Å². The Balaban J connectivity index is 1.12. The molecule has 13 nitrogen and oxygen atoms in total. The van der Waals surface area contributed by atoms with Crippen LogP contribution in [0.2, 0.25) is 0 Å². The van der Waals surface area contributed by atoms with Crippen LogP contribution in [-0.2, 0) is 14.6 Å². The number of rotatable bonds is 11. The summed E-state index contributed by atoms with van der Waals surface area (Å²) in [6.45, 7) is 4.54. The van der Waals surface area contributed by atoms with Crippen LogP contribution >= 0.6 is 11.8 Å². The third-order valence-electron chi connectivity index (χ3n) is 11.9. The average Bonchev–Trinajstić information content (AvgIpc) is 3.77. The van der Waals surface area contributed by atoms with Gasteiger partial charge in [0.25, 0.3) is 0 Å². The van der Waals surface area contributed by atoms with Crippen LogP contribution in [0.25, 0.3) is 0 Å². The van der Waals surface area contributed by atoms with Gasteiger partial charge in [-0.1, -0.05) is 0 Å². The molecule has 0 bridgehead atoms. The predicted octanol–water partition coefficient (Wildman–Crippen LogP) is 1.33. The molecular weight excluding hydrogens is 655 g/mol. The Hall–Kier alpha value is -0.760. The van der Waals surface area contributed by atoms with E-state index in [9.17, 15) is 18.5 Å². The number of methoxy groups -OCH3 is 1. The number of halogens is 2. The maximum absolute atomic E-state index is 16.0. The van der Waals surface area contributed by atoms with E-state index in [0.717, 1.165) is 32.4 Å². The number of piperidine rings is 1. The van der Waals surface area contributed by atoms with E-state index < -0.39 is 54.3 Å². The Labute approximate surface area is 281 Å². The lowest BCUT2D eigenvalue weighted by Gasteiger charge is -2.50. The Bertz CT molecular complexity index is 1200. The van der Waals surface area contributed by atoms with Crippen LogP contribution in [-0.4, -0.2) is 115 Å². The molecule has 3 aliphatic heterocycles. The zero-order valence-electron chi connectivity index (χ0n) is 27.5. The molecule has 0 spiro atoms. The number of nitrogens with two attached hydrogens (primary N) is 1. The van der Waals surface area contributed by atoms with Gasteiger partial charge in [0.15, 0.2) is 16.0 Å². The van der Waals surface area contributed by atoms with E-state index in [1.165, 1.54) is 11.8 Å². The number of ether oxygens (including phenoxy) is 1. The van der Waals surface area contributed by atoms with Crippen molar-refractivity contribution in [3.05, 3.63) is 10.1 Å². The molecule has 47 heavy (non-hydrogen) atoms. The molecule has 6 fully saturated rings. The number of thioether (sulfide) groups is 1. The molecule has 0 aromatic carbocycles. The van der Waals surface area contributed by atoms with Crippen molar-refractivity contribution < 1.29 is 26.9 Å². The number of nitrogens with one attached hydrogen (secondary N) is 5. The van der Waals surface area contributed by atoms with Gasteiger partial charge in [-0.2, -0.15) is 0 Å². The SMILES string of the molecule is COC1C(NC2CC(C)NN2)NC(SC2CCC(S(=O)(=O)C3(C4CCCC([N+](=O)[O-])C4F)CC3)CC2F)NC1N1CCC(CN)CC1. The van der Waals surface area contributed by atoms with Gasteiger partial charge in [-0.3, -0.25) is 36.4 Å². The molecule has 12 unspecified atom stereocenters. The first-order valence-corrected chi connectivity index (χ1v) is 20.0. The summed E-state index contributed by atoms with van der Waals surface area (Å²) in [6, 6.07) is -1.06. The van der Waals surface area contributed by atoms with Gasteiger partial charge in [0, 0.05) is 48.8 Å². The van der Waals surface area contributed by atoms with Gasteiger partial charge in [-0.05, 0) is 83.6 Å².